The molecule has 0 saturated heterocycles. The average Bonchev–Trinajstić information content (AvgIpc) is 2.68. The molecule has 158 valence electrons. The van der Waals surface area contributed by atoms with Gasteiger partial charge in [-0.25, -0.2) is 13.4 Å². The first kappa shape index (κ1) is 22.7. The number of nitrogens with zero attached hydrogens (tertiary/aromatic N) is 2. The molecule has 0 aliphatic rings. The van der Waals surface area contributed by atoms with Gasteiger partial charge in [-0.2, -0.15) is 4.72 Å². The molecule has 8 nitrogen and oxygen atoms in total. The summed E-state index contributed by atoms with van der Waals surface area (Å²) in [7, 11) is -4.03. The summed E-state index contributed by atoms with van der Waals surface area (Å²) in [5.74, 6) is -0.837. The van der Waals surface area contributed by atoms with E-state index < -0.39 is 22.0 Å². The van der Waals surface area contributed by atoms with Crippen LogP contribution in [0, 0.1) is 0 Å². The fourth-order valence-electron chi connectivity index (χ4n) is 2.46. The van der Waals surface area contributed by atoms with E-state index in [4.69, 9.17) is 27.9 Å². The number of sulfonamides is 1. The van der Waals surface area contributed by atoms with E-state index >= 15 is 0 Å². The van der Waals surface area contributed by atoms with Crippen LogP contribution >= 0.6 is 39.1 Å². The molecule has 0 spiro atoms. The highest BCUT2D eigenvalue weighted by Gasteiger charge is 2.24. The molecule has 0 unspecified atom stereocenters. The molecule has 0 saturated carbocycles. The zero-order chi connectivity index (χ0) is 22.1. The molecule has 0 bridgehead atoms. The Morgan fingerprint density at radius 1 is 1.23 bits per heavy atom. The van der Waals surface area contributed by atoms with Crippen molar-refractivity contribution < 1.29 is 17.9 Å². The van der Waals surface area contributed by atoms with Gasteiger partial charge in [-0.3, -0.25) is 14.0 Å². The van der Waals surface area contributed by atoms with E-state index in [9.17, 15) is 18.0 Å². The van der Waals surface area contributed by atoms with Crippen LogP contribution < -0.4 is 10.3 Å². The van der Waals surface area contributed by atoms with Gasteiger partial charge in [-0.1, -0.05) is 23.2 Å². The largest absolute Gasteiger partial charge is 0.458 e. The molecule has 3 rings (SSSR count). The van der Waals surface area contributed by atoms with Gasteiger partial charge in [0.15, 0.2) is 0 Å². The molecule has 2 aromatic heterocycles. The van der Waals surface area contributed by atoms with Crippen molar-refractivity contribution in [1.29, 1.82) is 0 Å². The van der Waals surface area contributed by atoms with Gasteiger partial charge in [0, 0.05) is 16.7 Å². The van der Waals surface area contributed by atoms with Gasteiger partial charge < -0.3 is 4.74 Å². The average molecular weight is 535 g/mol. The Kier molecular flexibility index (Phi) is 6.83. The fraction of sp³-hybridized carbons (Fsp3) is 0.167. The maximum atomic E-state index is 12.4. The number of pyridine rings is 1. The Morgan fingerprint density at radius 3 is 2.67 bits per heavy atom. The van der Waals surface area contributed by atoms with Gasteiger partial charge in [-0.15, -0.1) is 0 Å². The summed E-state index contributed by atoms with van der Waals surface area (Å²) < 4.78 is 34.2. The summed E-state index contributed by atoms with van der Waals surface area (Å²) in [4.78, 5) is 28.5. The summed E-state index contributed by atoms with van der Waals surface area (Å²) >= 11 is 14.9. The van der Waals surface area contributed by atoms with Crippen LogP contribution in [0.25, 0.3) is 5.65 Å². The SMILES string of the molecule is C[C@@H](NS(=O)(=O)c1ccc(Cl)c(Cl)c1)C(=O)OCc1cc(=O)n2cc(Br)ccc2n1. The highest BCUT2D eigenvalue weighted by Crippen LogP contribution is 2.24. The minimum Gasteiger partial charge on any atom is -0.458 e. The molecule has 1 aromatic carbocycles. The summed E-state index contributed by atoms with van der Waals surface area (Å²) in [6.07, 6.45) is 1.57. The number of carbonyl (C=O) groups excluding carboxylic acids is 1. The highest BCUT2D eigenvalue weighted by molar-refractivity contribution is 9.10. The van der Waals surface area contributed by atoms with Crippen molar-refractivity contribution in [3.8, 4) is 0 Å². The smallest absolute Gasteiger partial charge is 0.324 e. The number of hydrogen-bond acceptors (Lipinski definition) is 6. The molecule has 0 radical (unpaired) electrons. The van der Waals surface area contributed by atoms with Crippen molar-refractivity contribution >= 4 is 60.8 Å². The fourth-order valence-corrected chi connectivity index (χ4v) is 4.38. The van der Waals surface area contributed by atoms with Crippen molar-refractivity contribution in [2.75, 3.05) is 0 Å². The van der Waals surface area contributed by atoms with E-state index in [0.29, 0.717) is 10.1 Å². The van der Waals surface area contributed by atoms with E-state index in [0.717, 1.165) is 0 Å². The molecule has 0 fully saturated rings. The van der Waals surface area contributed by atoms with Gasteiger partial charge in [-0.05, 0) is 53.2 Å². The Hall–Kier alpha value is -1.98. The Morgan fingerprint density at radius 2 is 1.97 bits per heavy atom. The molecule has 12 heteroatoms. The van der Waals surface area contributed by atoms with E-state index in [1.165, 1.54) is 35.6 Å². The maximum Gasteiger partial charge on any atom is 0.324 e. The van der Waals surface area contributed by atoms with Crippen LogP contribution in [0.3, 0.4) is 0 Å². The molecular formula is C18H14BrCl2N3O5S. The summed E-state index contributed by atoms with van der Waals surface area (Å²) in [5.41, 5.74) is 0.265. The number of hydrogen-bond donors (Lipinski definition) is 1. The van der Waals surface area contributed by atoms with Crippen LogP contribution in [0.4, 0.5) is 0 Å². The summed E-state index contributed by atoms with van der Waals surface area (Å²) in [5, 5.41) is 0.268. The van der Waals surface area contributed by atoms with Crippen molar-refractivity contribution in [3.05, 3.63) is 73.2 Å². The zero-order valence-electron chi connectivity index (χ0n) is 15.3. The van der Waals surface area contributed by atoms with Crippen molar-refractivity contribution in [2.24, 2.45) is 0 Å². The molecule has 1 N–H and O–H groups in total. The first-order valence-electron chi connectivity index (χ1n) is 8.39. The van der Waals surface area contributed by atoms with Crippen molar-refractivity contribution in [1.82, 2.24) is 14.1 Å². The minimum atomic E-state index is -4.03. The van der Waals surface area contributed by atoms with E-state index in [-0.39, 0.29) is 32.8 Å². The van der Waals surface area contributed by atoms with Crippen LogP contribution in [0.2, 0.25) is 10.0 Å². The molecule has 2 heterocycles. The molecule has 1 atom stereocenters. The highest BCUT2D eigenvalue weighted by atomic mass is 79.9. The number of fused-ring (bicyclic) bond motifs is 1. The molecule has 0 aliphatic heterocycles. The molecule has 0 amide bonds. The van der Waals surface area contributed by atoms with Gasteiger partial charge in [0.2, 0.25) is 10.0 Å². The zero-order valence-corrected chi connectivity index (χ0v) is 19.2. The lowest BCUT2D eigenvalue weighted by Crippen LogP contribution is -2.39. The Labute approximate surface area is 190 Å². The van der Waals surface area contributed by atoms with E-state index in [2.05, 4.69) is 25.6 Å². The number of aromatic nitrogens is 2. The van der Waals surface area contributed by atoms with Gasteiger partial charge in [0.25, 0.3) is 5.56 Å². The third-order valence-corrected chi connectivity index (χ3v) is 6.67. The number of carbonyl (C=O) groups is 1. The summed E-state index contributed by atoms with van der Waals surface area (Å²) in [6.45, 7) is 1.04. The number of esters is 1. The third-order valence-electron chi connectivity index (χ3n) is 3.93. The van der Waals surface area contributed by atoms with Crippen LogP contribution in [-0.4, -0.2) is 29.8 Å². The Balaban J connectivity index is 1.68. The summed E-state index contributed by atoms with van der Waals surface area (Å²) in [6, 6.07) is 7.17. The number of benzene rings is 1. The molecule has 30 heavy (non-hydrogen) atoms. The maximum absolute atomic E-state index is 12.4. The second-order valence-corrected chi connectivity index (χ2v) is 9.63. The van der Waals surface area contributed by atoms with Gasteiger partial charge >= 0.3 is 5.97 Å². The number of nitrogens with one attached hydrogen (secondary N) is 1. The van der Waals surface area contributed by atoms with Gasteiger partial charge in [0.05, 0.1) is 20.6 Å². The van der Waals surface area contributed by atoms with Crippen LogP contribution in [0.5, 0.6) is 0 Å². The predicted octanol–water partition coefficient (Wildman–Crippen LogP) is 3.17. The normalized spacial score (nSPS) is 12.7. The number of rotatable bonds is 6. The Bertz CT molecular complexity index is 1300. The standard InChI is InChI=1S/C18H14BrCl2N3O5S/c1-10(23-30(27,28)13-3-4-14(20)15(21)7-13)18(26)29-9-12-6-17(25)24-8-11(19)2-5-16(24)22-12/h2-8,10,23H,9H2,1H3/t10-/m1/s1. The van der Waals surface area contributed by atoms with Crippen molar-refractivity contribution in [2.45, 2.75) is 24.5 Å². The lowest BCUT2D eigenvalue weighted by atomic mass is 10.3. The molecule has 3 aromatic rings. The topological polar surface area (TPSA) is 107 Å². The lowest BCUT2D eigenvalue weighted by molar-refractivity contribution is -0.146. The number of ether oxygens (including phenoxy) is 1. The van der Waals surface area contributed by atoms with Gasteiger partial charge in [0.1, 0.15) is 18.3 Å². The van der Waals surface area contributed by atoms with E-state index in [1.807, 2.05) is 0 Å². The molecule has 0 aliphatic carbocycles. The lowest BCUT2D eigenvalue weighted by Gasteiger charge is -2.14. The quantitative estimate of drug-likeness (QED) is 0.487. The third kappa shape index (κ3) is 5.19. The van der Waals surface area contributed by atoms with Crippen LogP contribution in [0.1, 0.15) is 12.6 Å². The van der Waals surface area contributed by atoms with Crippen LogP contribution in [-0.2, 0) is 26.2 Å². The van der Waals surface area contributed by atoms with Crippen molar-refractivity contribution in [3.63, 3.8) is 0 Å². The first-order valence-corrected chi connectivity index (χ1v) is 11.4. The second-order valence-electron chi connectivity index (χ2n) is 6.19. The second kappa shape index (κ2) is 9.03. The van der Waals surface area contributed by atoms with E-state index in [1.54, 1.807) is 18.3 Å². The first-order chi connectivity index (χ1) is 14.1. The van der Waals surface area contributed by atoms with Crippen LogP contribution in [0.15, 0.2) is 56.8 Å². The minimum absolute atomic E-state index is 0.0652. The number of halogens is 3. The molecular weight excluding hydrogens is 521 g/mol. The predicted molar refractivity (Wildman–Crippen MR) is 115 cm³/mol. The monoisotopic (exact) mass is 533 g/mol.